The lowest BCUT2D eigenvalue weighted by atomic mass is 10.3. The number of amides is 1. The van der Waals surface area contributed by atoms with Gasteiger partial charge in [-0.2, -0.15) is 0 Å². The Morgan fingerprint density at radius 3 is 1.94 bits per heavy atom. The number of halogens is 4. The molecule has 17 heavy (non-hydrogen) atoms. The molecule has 0 unspecified atom stereocenters. The van der Waals surface area contributed by atoms with Gasteiger partial charge in [-0.1, -0.05) is 46.4 Å². The van der Waals surface area contributed by atoms with Crippen LogP contribution in [0.15, 0.2) is 6.07 Å². The molecule has 0 bridgehead atoms. The van der Waals surface area contributed by atoms with Crippen LogP contribution in [0.5, 0.6) is 0 Å². The van der Waals surface area contributed by atoms with Crippen LogP contribution < -0.4 is 5.01 Å². The van der Waals surface area contributed by atoms with E-state index in [0.29, 0.717) is 0 Å². The summed E-state index contributed by atoms with van der Waals surface area (Å²) in [6, 6.07) is 1.23. The van der Waals surface area contributed by atoms with E-state index in [0.717, 1.165) is 6.92 Å². The Kier molecular flexibility index (Phi) is 4.43. The molecule has 0 saturated heterocycles. The molecule has 92 valence electrons. The Morgan fingerprint density at radius 1 is 1.24 bits per heavy atom. The number of rotatable bonds is 2. The van der Waals surface area contributed by atoms with E-state index in [-0.39, 0.29) is 30.8 Å². The zero-order valence-corrected chi connectivity index (χ0v) is 11.2. The van der Waals surface area contributed by atoms with Gasteiger partial charge in [0, 0.05) is 6.92 Å². The van der Waals surface area contributed by atoms with Crippen LogP contribution in [-0.2, 0) is 4.79 Å². The highest BCUT2D eigenvalue weighted by Gasteiger charge is 2.30. The van der Waals surface area contributed by atoms with E-state index in [1.54, 1.807) is 0 Å². The highest BCUT2D eigenvalue weighted by Crippen LogP contribution is 2.43. The van der Waals surface area contributed by atoms with Gasteiger partial charge >= 0.3 is 0 Å². The number of anilines is 1. The molecule has 0 aromatic heterocycles. The minimum absolute atomic E-state index is 0.0378. The van der Waals surface area contributed by atoms with E-state index in [4.69, 9.17) is 46.4 Å². The topological polar surface area (TPSA) is 63.5 Å². The molecule has 0 N–H and O–H groups in total. The molecule has 0 atom stereocenters. The van der Waals surface area contributed by atoms with Gasteiger partial charge in [0.1, 0.15) is 0 Å². The first-order valence-corrected chi connectivity index (χ1v) is 5.56. The van der Waals surface area contributed by atoms with Crippen LogP contribution in [0.25, 0.3) is 0 Å². The van der Waals surface area contributed by atoms with Crippen LogP contribution in [0, 0.1) is 10.1 Å². The smallest absolute Gasteiger partial charge is 0.269 e. The van der Waals surface area contributed by atoms with E-state index in [1.807, 2.05) is 0 Å². The molecular weight excluding hydrogens is 314 g/mol. The highest BCUT2D eigenvalue weighted by molar-refractivity contribution is 6.50. The molecule has 0 fully saturated rings. The lowest BCUT2D eigenvalue weighted by Crippen LogP contribution is -2.34. The fraction of sp³-hybridized carbons (Fsp3) is 0.125. The second kappa shape index (κ2) is 5.27. The largest absolute Gasteiger partial charge is 0.286 e. The molecule has 1 rings (SSSR count). The number of nitro groups is 1. The fourth-order valence-electron chi connectivity index (χ4n) is 1.10. The first kappa shape index (κ1) is 14.3. The molecule has 0 aliphatic carbocycles. The van der Waals surface area contributed by atoms with Crippen molar-refractivity contribution < 1.29 is 9.83 Å². The molecule has 0 aliphatic rings. The van der Waals surface area contributed by atoms with Crippen molar-refractivity contribution in [1.29, 1.82) is 0 Å². The third kappa shape index (κ3) is 2.74. The van der Waals surface area contributed by atoms with E-state index >= 15 is 0 Å². The standard InChI is InChI=1S/C8H4Cl4N2O3/c1-3(15)13(14(16)17)8-6(11)4(9)2-5(10)7(8)12/h2H,1H3. The Bertz CT molecular complexity index is 466. The maximum Gasteiger partial charge on any atom is 0.286 e. The summed E-state index contributed by atoms with van der Waals surface area (Å²) < 4.78 is 0. The van der Waals surface area contributed by atoms with Crippen molar-refractivity contribution in [3.05, 3.63) is 36.3 Å². The summed E-state index contributed by atoms with van der Waals surface area (Å²) in [6.07, 6.45) is 0. The third-order valence-corrected chi connectivity index (χ3v) is 3.32. The van der Waals surface area contributed by atoms with Gasteiger partial charge in [-0.15, -0.1) is 0 Å². The van der Waals surface area contributed by atoms with Crippen molar-refractivity contribution in [2.75, 3.05) is 5.01 Å². The third-order valence-electron chi connectivity index (χ3n) is 1.76. The van der Waals surface area contributed by atoms with E-state index in [2.05, 4.69) is 0 Å². The van der Waals surface area contributed by atoms with Gasteiger partial charge in [0.15, 0.2) is 10.7 Å². The molecule has 0 saturated carbocycles. The van der Waals surface area contributed by atoms with Gasteiger partial charge in [0.2, 0.25) is 0 Å². The van der Waals surface area contributed by atoms with Crippen LogP contribution in [0.2, 0.25) is 20.1 Å². The molecule has 1 aromatic rings. The summed E-state index contributed by atoms with van der Waals surface area (Å²) in [4.78, 5) is 22.0. The molecule has 0 spiro atoms. The Balaban J connectivity index is 3.58. The minimum atomic E-state index is -0.956. The summed E-state index contributed by atoms with van der Waals surface area (Å²) in [5.41, 5.74) is -0.344. The summed E-state index contributed by atoms with van der Waals surface area (Å²) in [6.45, 7) is 0.990. The monoisotopic (exact) mass is 316 g/mol. The summed E-state index contributed by atoms with van der Waals surface area (Å²) >= 11 is 23.0. The molecule has 0 radical (unpaired) electrons. The number of benzene rings is 1. The van der Waals surface area contributed by atoms with Crippen LogP contribution >= 0.6 is 46.4 Å². The van der Waals surface area contributed by atoms with Gasteiger partial charge in [0.25, 0.3) is 5.91 Å². The first-order chi connectivity index (χ1) is 7.77. The summed E-state index contributed by atoms with van der Waals surface area (Å²) in [5, 5.41) is 9.50. The Hall–Kier alpha value is -0.750. The number of hydrogen-bond donors (Lipinski definition) is 0. The fourth-order valence-corrected chi connectivity index (χ4v) is 2.06. The predicted molar refractivity (Wildman–Crippen MR) is 66.6 cm³/mol. The van der Waals surface area contributed by atoms with Crippen LogP contribution in [0.1, 0.15) is 6.92 Å². The van der Waals surface area contributed by atoms with Crippen molar-refractivity contribution in [3.63, 3.8) is 0 Å². The SMILES string of the molecule is CC(=O)N(c1c(Cl)c(Cl)cc(Cl)c1Cl)[N+](=O)[O-]. The first-order valence-electron chi connectivity index (χ1n) is 4.05. The van der Waals surface area contributed by atoms with E-state index < -0.39 is 10.9 Å². The highest BCUT2D eigenvalue weighted by atomic mass is 35.5. The number of hydrogen-bond acceptors (Lipinski definition) is 3. The van der Waals surface area contributed by atoms with Crippen LogP contribution in [0.4, 0.5) is 5.69 Å². The van der Waals surface area contributed by atoms with Crippen molar-refractivity contribution in [3.8, 4) is 0 Å². The summed E-state index contributed by atoms with van der Waals surface area (Å²) in [5.74, 6) is -0.878. The minimum Gasteiger partial charge on any atom is -0.269 e. The summed E-state index contributed by atoms with van der Waals surface area (Å²) in [7, 11) is 0. The Morgan fingerprint density at radius 2 is 1.65 bits per heavy atom. The number of carbonyl (C=O) groups is 1. The molecule has 0 aliphatic heterocycles. The van der Waals surface area contributed by atoms with Gasteiger partial charge < -0.3 is 0 Å². The average molecular weight is 318 g/mol. The van der Waals surface area contributed by atoms with Crippen molar-refractivity contribution in [2.24, 2.45) is 0 Å². The predicted octanol–water partition coefficient (Wildman–Crippen LogP) is 3.84. The number of nitrogens with zero attached hydrogens (tertiary/aromatic N) is 2. The zero-order valence-electron chi connectivity index (χ0n) is 8.21. The number of carbonyl (C=O) groups excluding carboxylic acids is 1. The molecule has 1 amide bonds. The second-order valence-corrected chi connectivity index (χ2v) is 4.46. The van der Waals surface area contributed by atoms with Crippen LogP contribution in [-0.4, -0.2) is 10.9 Å². The van der Waals surface area contributed by atoms with Crippen LogP contribution in [0.3, 0.4) is 0 Å². The second-order valence-electron chi connectivity index (χ2n) is 2.89. The average Bonchev–Trinajstić information content (AvgIpc) is 2.20. The number of hydrazine groups is 1. The van der Waals surface area contributed by atoms with E-state index in [9.17, 15) is 14.9 Å². The van der Waals surface area contributed by atoms with Gasteiger partial charge in [-0.25, -0.2) is 10.1 Å². The molecular formula is C8H4Cl4N2O3. The van der Waals surface area contributed by atoms with Gasteiger partial charge in [-0.05, 0) is 11.1 Å². The maximum absolute atomic E-state index is 11.2. The van der Waals surface area contributed by atoms with Gasteiger partial charge in [0.05, 0.1) is 20.1 Å². The Labute approximate surface area is 116 Å². The molecule has 1 aromatic carbocycles. The normalized spacial score (nSPS) is 10.2. The van der Waals surface area contributed by atoms with Gasteiger partial charge in [-0.3, -0.25) is 4.79 Å². The lowest BCUT2D eigenvalue weighted by molar-refractivity contribution is -0.483. The maximum atomic E-state index is 11.2. The van der Waals surface area contributed by atoms with Crippen molar-refractivity contribution >= 4 is 58.0 Å². The molecule has 0 heterocycles. The van der Waals surface area contributed by atoms with Crippen molar-refractivity contribution in [2.45, 2.75) is 6.92 Å². The zero-order chi connectivity index (χ0) is 13.3. The van der Waals surface area contributed by atoms with E-state index in [1.165, 1.54) is 6.07 Å². The van der Waals surface area contributed by atoms with Crippen molar-refractivity contribution in [1.82, 2.24) is 0 Å². The molecule has 9 heteroatoms. The molecule has 5 nitrogen and oxygen atoms in total. The lowest BCUT2D eigenvalue weighted by Gasteiger charge is -2.14. The quantitative estimate of drug-likeness (QED) is 0.473.